The Labute approximate surface area is 259 Å². The van der Waals surface area contributed by atoms with Crippen LogP contribution in [0.2, 0.25) is 5.02 Å². The number of rotatable bonds is 16. The molecule has 12 heteroatoms. The van der Waals surface area contributed by atoms with Crippen molar-refractivity contribution in [2.24, 2.45) is 11.8 Å². The maximum atomic E-state index is 13.0. The van der Waals surface area contributed by atoms with Gasteiger partial charge >= 0.3 is 0 Å². The Morgan fingerprint density at radius 1 is 1.05 bits per heavy atom. The third-order valence-electron chi connectivity index (χ3n) is 6.61. The number of carbonyl (C=O) groups excluding carboxylic acids is 3. The highest BCUT2D eigenvalue weighted by Gasteiger charge is 2.25. The lowest BCUT2D eigenvalue weighted by Gasteiger charge is -2.24. The SMILES string of the molecule is CCCCC(=O)N(CCNC(=O)[C@@H](CS)CC(C)C)Cc1ccc(-c2ccccc2S(=O)(=O)NC(=O)[C@H](C)O)c(Cl)c1. The number of aliphatic hydroxyl groups is 1. The summed E-state index contributed by atoms with van der Waals surface area (Å²) in [7, 11) is -4.29. The number of sulfonamides is 1. The predicted molar refractivity (Wildman–Crippen MR) is 169 cm³/mol. The minimum absolute atomic E-state index is 0.0375. The van der Waals surface area contributed by atoms with E-state index >= 15 is 0 Å². The number of nitrogens with one attached hydrogen (secondary N) is 2. The molecule has 3 N–H and O–H groups in total. The molecule has 42 heavy (non-hydrogen) atoms. The van der Waals surface area contributed by atoms with E-state index in [-0.39, 0.29) is 39.8 Å². The van der Waals surface area contributed by atoms with Crippen LogP contribution in [0.25, 0.3) is 11.1 Å². The zero-order valence-corrected chi connectivity index (χ0v) is 27.1. The van der Waals surface area contributed by atoms with Crippen LogP contribution in [0, 0.1) is 11.8 Å². The van der Waals surface area contributed by atoms with Gasteiger partial charge in [-0.3, -0.25) is 14.4 Å². The molecule has 232 valence electrons. The molecular weight excluding hydrogens is 598 g/mol. The number of benzene rings is 2. The van der Waals surface area contributed by atoms with E-state index in [0.717, 1.165) is 24.8 Å². The molecule has 0 saturated heterocycles. The van der Waals surface area contributed by atoms with Gasteiger partial charge in [-0.25, -0.2) is 13.1 Å². The first-order valence-electron chi connectivity index (χ1n) is 14.1. The van der Waals surface area contributed by atoms with Crippen molar-refractivity contribution in [3.63, 3.8) is 0 Å². The molecule has 0 fully saturated rings. The minimum Gasteiger partial charge on any atom is -0.384 e. The smallest absolute Gasteiger partial charge is 0.264 e. The summed E-state index contributed by atoms with van der Waals surface area (Å²) in [5, 5.41) is 12.6. The lowest BCUT2D eigenvalue weighted by Crippen LogP contribution is -2.40. The monoisotopic (exact) mass is 639 g/mol. The van der Waals surface area contributed by atoms with E-state index in [1.165, 1.54) is 19.1 Å². The van der Waals surface area contributed by atoms with Crippen molar-refractivity contribution in [2.45, 2.75) is 70.9 Å². The van der Waals surface area contributed by atoms with Crippen LogP contribution in [-0.2, 0) is 31.0 Å². The fraction of sp³-hybridized carbons (Fsp3) is 0.500. The van der Waals surface area contributed by atoms with Crippen LogP contribution < -0.4 is 10.0 Å². The molecule has 2 aromatic rings. The van der Waals surface area contributed by atoms with Crippen LogP contribution in [-0.4, -0.2) is 61.1 Å². The molecule has 0 radical (unpaired) electrons. The Morgan fingerprint density at radius 3 is 2.33 bits per heavy atom. The van der Waals surface area contributed by atoms with Crippen LogP contribution in [0.4, 0.5) is 0 Å². The van der Waals surface area contributed by atoms with Gasteiger partial charge < -0.3 is 15.3 Å². The zero-order chi connectivity index (χ0) is 31.4. The average Bonchev–Trinajstić information content (AvgIpc) is 2.93. The fourth-order valence-corrected chi connectivity index (χ4v) is 6.25. The van der Waals surface area contributed by atoms with Crippen LogP contribution in [0.1, 0.15) is 58.9 Å². The highest BCUT2D eigenvalue weighted by molar-refractivity contribution is 7.90. The maximum Gasteiger partial charge on any atom is 0.264 e. The van der Waals surface area contributed by atoms with E-state index in [0.29, 0.717) is 36.7 Å². The molecule has 9 nitrogen and oxygen atoms in total. The number of amides is 3. The predicted octanol–water partition coefficient (Wildman–Crippen LogP) is 4.42. The molecule has 0 aliphatic rings. The normalized spacial score (nSPS) is 13.0. The van der Waals surface area contributed by atoms with Gasteiger partial charge in [-0.15, -0.1) is 0 Å². The largest absolute Gasteiger partial charge is 0.384 e. The molecule has 2 rings (SSSR count). The molecular formula is C30H42ClN3O6S2. The van der Waals surface area contributed by atoms with Crippen molar-refractivity contribution < 1.29 is 27.9 Å². The Kier molecular flexibility index (Phi) is 14.3. The quantitative estimate of drug-likeness (QED) is 0.201. The summed E-state index contributed by atoms with van der Waals surface area (Å²) in [5.41, 5.74) is 1.43. The number of aliphatic hydroxyl groups excluding tert-OH is 1. The lowest BCUT2D eigenvalue weighted by molar-refractivity contribution is -0.132. The van der Waals surface area contributed by atoms with Crippen LogP contribution in [0.3, 0.4) is 0 Å². The minimum atomic E-state index is -4.29. The summed E-state index contributed by atoms with van der Waals surface area (Å²) in [4.78, 5) is 39.1. The van der Waals surface area contributed by atoms with Gasteiger partial charge in [-0.1, -0.05) is 69.1 Å². The van der Waals surface area contributed by atoms with E-state index in [1.54, 1.807) is 35.2 Å². The second-order valence-electron chi connectivity index (χ2n) is 10.7. The maximum absolute atomic E-state index is 13.0. The number of halogens is 1. The number of hydrogen-bond donors (Lipinski definition) is 4. The Balaban J connectivity index is 2.26. The van der Waals surface area contributed by atoms with E-state index < -0.39 is 22.0 Å². The lowest BCUT2D eigenvalue weighted by atomic mass is 9.98. The van der Waals surface area contributed by atoms with Crippen LogP contribution in [0.5, 0.6) is 0 Å². The molecule has 3 amide bonds. The van der Waals surface area contributed by atoms with Crippen molar-refractivity contribution in [2.75, 3.05) is 18.8 Å². The Morgan fingerprint density at radius 2 is 1.74 bits per heavy atom. The zero-order valence-electron chi connectivity index (χ0n) is 24.6. The number of hydrogen-bond acceptors (Lipinski definition) is 7. The van der Waals surface area contributed by atoms with Gasteiger partial charge in [0.05, 0.1) is 4.90 Å². The Hall–Kier alpha value is -2.60. The number of nitrogens with zero attached hydrogens (tertiary/aromatic N) is 1. The van der Waals surface area contributed by atoms with Gasteiger partial charge in [-0.2, -0.15) is 12.6 Å². The van der Waals surface area contributed by atoms with E-state index in [9.17, 15) is 27.9 Å². The van der Waals surface area contributed by atoms with Crippen LogP contribution in [0.15, 0.2) is 47.4 Å². The van der Waals surface area contributed by atoms with Gasteiger partial charge in [-0.05, 0) is 43.4 Å². The Bertz CT molecular complexity index is 1330. The van der Waals surface area contributed by atoms with Crippen molar-refractivity contribution in [3.05, 3.63) is 53.1 Å². The molecule has 0 heterocycles. The molecule has 0 saturated carbocycles. The van der Waals surface area contributed by atoms with Crippen molar-refractivity contribution >= 4 is 52.0 Å². The molecule has 0 aliphatic heterocycles. The molecule has 0 bridgehead atoms. The first kappa shape index (κ1) is 35.6. The third kappa shape index (κ3) is 10.6. The average molecular weight is 640 g/mol. The van der Waals surface area contributed by atoms with Crippen molar-refractivity contribution in [3.8, 4) is 11.1 Å². The number of unbranched alkanes of at least 4 members (excludes halogenated alkanes) is 1. The molecule has 0 unspecified atom stereocenters. The first-order valence-corrected chi connectivity index (χ1v) is 16.6. The summed E-state index contributed by atoms with van der Waals surface area (Å²) in [6.07, 6.45) is 1.23. The molecule has 2 atom stereocenters. The highest BCUT2D eigenvalue weighted by Crippen LogP contribution is 2.33. The standard InChI is InChI=1S/C30H42ClN3O6S2/c1-5-6-11-28(36)34(15-14-32-30(38)23(19-41)16-20(2)3)18-22-12-13-24(26(31)17-22)25-9-7-8-10-27(25)42(39,40)33-29(37)21(4)35/h7-10,12-13,17,20-21,23,35,41H,5-6,11,14-16,18-19H2,1-4H3,(H,32,38)(H,33,37)/t21-,23+/m0/s1. The number of thiol groups is 1. The summed E-state index contributed by atoms with van der Waals surface area (Å²) >= 11 is 11.0. The van der Waals surface area contributed by atoms with Gasteiger partial charge in [0, 0.05) is 53.9 Å². The summed E-state index contributed by atoms with van der Waals surface area (Å²) in [6, 6.07) is 11.2. The topological polar surface area (TPSA) is 133 Å². The summed E-state index contributed by atoms with van der Waals surface area (Å²) in [6.45, 7) is 8.17. The second-order valence-corrected chi connectivity index (χ2v) is 13.1. The van der Waals surface area contributed by atoms with E-state index in [2.05, 4.69) is 31.8 Å². The van der Waals surface area contributed by atoms with E-state index in [4.69, 9.17) is 11.6 Å². The van der Waals surface area contributed by atoms with Crippen LogP contribution >= 0.6 is 24.2 Å². The van der Waals surface area contributed by atoms with Gasteiger partial charge in [0.25, 0.3) is 15.9 Å². The molecule has 0 aliphatic carbocycles. The fourth-order valence-electron chi connectivity index (χ4n) is 4.36. The van der Waals surface area contributed by atoms with Gasteiger partial charge in [0.2, 0.25) is 11.8 Å². The number of carbonyl (C=O) groups is 3. The molecule has 0 spiro atoms. The highest BCUT2D eigenvalue weighted by atomic mass is 35.5. The molecule has 0 aromatic heterocycles. The van der Waals surface area contributed by atoms with Crippen molar-refractivity contribution in [1.82, 2.24) is 14.9 Å². The second kappa shape index (κ2) is 16.9. The van der Waals surface area contributed by atoms with Gasteiger partial charge in [0.1, 0.15) is 6.10 Å². The molecule has 2 aromatic carbocycles. The first-order chi connectivity index (χ1) is 19.8. The third-order valence-corrected chi connectivity index (χ3v) is 8.77. The van der Waals surface area contributed by atoms with E-state index in [1.807, 2.05) is 11.6 Å². The summed E-state index contributed by atoms with van der Waals surface area (Å²) < 4.78 is 27.7. The van der Waals surface area contributed by atoms with Gasteiger partial charge in [0.15, 0.2) is 0 Å². The summed E-state index contributed by atoms with van der Waals surface area (Å²) in [5.74, 6) is -0.546. The van der Waals surface area contributed by atoms with Crippen molar-refractivity contribution in [1.29, 1.82) is 0 Å².